The molecular formula is C86H106N15O3+3. The molecule has 18 nitrogen and oxygen atoms in total. The highest BCUT2D eigenvalue weighted by molar-refractivity contribution is 6.08. The fourth-order valence-electron chi connectivity index (χ4n) is 17.8. The van der Waals surface area contributed by atoms with Crippen LogP contribution in [0.15, 0.2) is 166 Å². The molecule has 16 rings (SSSR count). The Bertz CT molecular complexity index is 5620. The van der Waals surface area contributed by atoms with Crippen molar-refractivity contribution in [1.82, 2.24) is 43.6 Å². The van der Waals surface area contributed by atoms with E-state index in [0.29, 0.717) is 35.3 Å². The number of nitrogens with zero attached hydrogens (tertiary/aromatic N) is 15. The SMILES string of the molecule is Cc1ccc2c(n1)oc1ccc(C)c(C(C)(C)N3C=CN(c4c5ccccc5n(C(C)C)[n+]4C)[C@H]3C)c12.Cc1ccc2c(n1)oc1ccc(C)c(C(C)(C)N3C=CN(c4c[n+](C(C)C)c(C)n4C)[C@H]3C)c12.Cc1ccc2c(n1)oc1ccc(C)c(C(C)(C)N3C=CN(c4cc[n+](C(C)C)n4C)[C@H]3C)c12. The molecule has 0 radical (unpaired) electrons. The Balaban J connectivity index is 0.000000132. The van der Waals surface area contributed by atoms with Gasteiger partial charge in [-0.3, -0.25) is 4.90 Å². The average molecular weight is 1400 g/mol. The highest BCUT2D eigenvalue weighted by atomic mass is 16.3. The van der Waals surface area contributed by atoms with Gasteiger partial charge in [-0.25, -0.2) is 33.7 Å². The predicted molar refractivity (Wildman–Crippen MR) is 421 cm³/mol. The highest BCUT2D eigenvalue weighted by Crippen LogP contribution is 2.48. The number of aryl methyl sites for hydroxylation is 6. The van der Waals surface area contributed by atoms with E-state index in [2.05, 4.69) is 378 Å². The lowest BCUT2D eigenvalue weighted by Gasteiger charge is -2.42. The topological polar surface area (TPSA) is 124 Å². The van der Waals surface area contributed by atoms with E-state index in [9.17, 15) is 0 Å². The van der Waals surface area contributed by atoms with E-state index >= 15 is 0 Å². The number of hydrogen-bond donors (Lipinski definition) is 0. The maximum Gasteiger partial charge on any atom is 0.311 e. The molecule has 0 amide bonds. The molecule has 0 fully saturated rings. The number of hydrogen-bond acceptors (Lipinski definition) is 12. The largest absolute Gasteiger partial charge is 0.438 e. The molecule has 3 aliphatic rings. The first kappa shape index (κ1) is 70.7. The summed E-state index contributed by atoms with van der Waals surface area (Å²) in [7, 11) is 6.44. The second kappa shape index (κ2) is 25.8. The van der Waals surface area contributed by atoms with E-state index in [4.69, 9.17) is 13.3 Å². The smallest absolute Gasteiger partial charge is 0.311 e. The molecule has 0 aliphatic carbocycles. The fraction of sp³-hybridized carbons (Fsp3) is 0.395. The predicted octanol–water partition coefficient (Wildman–Crippen LogP) is 18.5. The normalized spacial score (nSPS) is 16.6. The van der Waals surface area contributed by atoms with Gasteiger partial charge in [-0.1, -0.05) is 30.3 Å². The number of aromatic nitrogens is 9. The Morgan fingerprint density at radius 3 is 1.22 bits per heavy atom. The maximum atomic E-state index is 6.23. The van der Waals surface area contributed by atoms with Gasteiger partial charge in [0.25, 0.3) is 5.82 Å². The summed E-state index contributed by atoms with van der Waals surface area (Å²) in [5, 5.41) is 7.99. The lowest BCUT2D eigenvalue weighted by atomic mass is 9.85. The number of anilines is 3. The van der Waals surface area contributed by atoms with E-state index in [-0.39, 0.29) is 35.1 Å². The van der Waals surface area contributed by atoms with Gasteiger partial charge in [0, 0.05) is 87.3 Å². The lowest BCUT2D eigenvalue weighted by Crippen LogP contribution is -2.50. The molecular weight excluding hydrogens is 1290 g/mol. The van der Waals surface area contributed by atoms with Crippen LogP contribution in [0.25, 0.3) is 77.1 Å². The van der Waals surface area contributed by atoms with Crippen LogP contribution in [0, 0.1) is 48.5 Å². The Hall–Kier alpha value is -10.4. The Morgan fingerprint density at radius 1 is 0.442 bits per heavy atom. The van der Waals surface area contributed by atoms with Crippen molar-refractivity contribution in [2.75, 3.05) is 14.7 Å². The zero-order valence-corrected chi connectivity index (χ0v) is 65.8. The van der Waals surface area contributed by atoms with Gasteiger partial charge < -0.3 is 32.9 Å². The maximum absolute atomic E-state index is 6.23. The lowest BCUT2D eigenvalue weighted by molar-refractivity contribution is -0.789. The molecule has 0 saturated heterocycles. The third kappa shape index (κ3) is 11.3. The molecule has 0 unspecified atom stereocenters. The number of rotatable bonds is 12. The van der Waals surface area contributed by atoms with E-state index < -0.39 is 0 Å². The van der Waals surface area contributed by atoms with Crippen LogP contribution in [-0.2, 0) is 37.8 Å². The second-order valence-electron chi connectivity index (χ2n) is 31.6. The van der Waals surface area contributed by atoms with Crippen molar-refractivity contribution in [3.63, 3.8) is 0 Å². The molecule has 13 aromatic rings. The van der Waals surface area contributed by atoms with Crippen LogP contribution in [0.4, 0.5) is 17.5 Å². The van der Waals surface area contributed by atoms with Crippen molar-refractivity contribution in [1.29, 1.82) is 0 Å². The first-order valence-electron chi connectivity index (χ1n) is 37.0. The molecule has 4 aromatic carbocycles. The molecule has 18 heteroatoms. The van der Waals surface area contributed by atoms with Crippen LogP contribution in [0.2, 0.25) is 0 Å². The van der Waals surface area contributed by atoms with Gasteiger partial charge in [0.2, 0.25) is 23.0 Å². The summed E-state index contributed by atoms with van der Waals surface area (Å²) in [5.74, 6) is 4.82. The van der Waals surface area contributed by atoms with Crippen molar-refractivity contribution in [2.24, 2.45) is 21.1 Å². The summed E-state index contributed by atoms with van der Waals surface area (Å²) >= 11 is 0. The van der Waals surface area contributed by atoms with Crippen molar-refractivity contribution in [3.8, 4) is 0 Å². The van der Waals surface area contributed by atoms with Crippen LogP contribution >= 0.6 is 0 Å². The monoisotopic (exact) mass is 1400 g/mol. The molecule has 540 valence electrons. The van der Waals surface area contributed by atoms with E-state index in [1.54, 1.807) is 0 Å². The second-order valence-corrected chi connectivity index (χ2v) is 31.6. The zero-order chi connectivity index (χ0) is 74.4. The first-order valence-corrected chi connectivity index (χ1v) is 37.0. The number of furan rings is 3. The van der Waals surface area contributed by atoms with Crippen molar-refractivity contribution >= 4 is 94.6 Å². The molecule has 3 aliphatic heterocycles. The Morgan fingerprint density at radius 2 is 0.837 bits per heavy atom. The summed E-state index contributed by atoms with van der Waals surface area (Å²) < 4.78 is 32.4. The number of pyridine rings is 3. The van der Waals surface area contributed by atoms with Gasteiger partial charge in [0.1, 0.15) is 42.3 Å². The number of para-hydroxylation sites is 1. The van der Waals surface area contributed by atoms with Gasteiger partial charge in [-0.2, -0.15) is 4.68 Å². The number of benzene rings is 4. The van der Waals surface area contributed by atoms with Gasteiger partial charge >= 0.3 is 5.82 Å². The minimum atomic E-state index is -0.301. The van der Waals surface area contributed by atoms with E-state index in [0.717, 1.165) is 60.8 Å². The zero-order valence-electron chi connectivity index (χ0n) is 65.8. The van der Waals surface area contributed by atoms with Crippen LogP contribution in [0.5, 0.6) is 0 Å². The van der Waals surface area contributed by atoms with Crippen LogP contribution < -0.4 is 28.6 Å². The Kier molecular flexibility index (Phi) is 17.5. The summed E-state index contributed by atoms with van der Waals surface area (Å²) in [6, 6.07) is 37.5. The van der Waals surface area contributed by atoms with Crippen molar-refractivity contribution in [2.45, 2.75) is 206 Å². The van der Waals surface area contributed by atoms with Crippen molar-refractivity contribution < 1.29 is 27.2 Å². The number of imidazole rings is 1. The molecule has 104 heavy (non-hydrogen) atoms. The van der Waals surface area contributed by atoms with Gasteiger partial charge in [0.15, 0.2) is 30.4 Å². The summed E-state index contributed by atoms with van der Waals surface area (Å²) in [5.41, 5.74) is 15.7. The molecule has 0 N–H and O–H groups in total. The summed E-state index contributed by atoms with van der Waals surface area (Å²) in [6.07, 6.45) is 18.2. The highest BCUT2D eigenvalue weighted by Gasteiger charge is 2.46. The molecule has 0 spiro atoms. The molecule has 0 saturated carbocycles. The first-order chi connectivity index (χ1) is 49.2. The fourth-order valence-corrected chi connectivity index (χ4v) is 17.8. The van der Waals surface area contributed by atoms with Gasteiger partial charge in [-0.15, -0.1) is 9.36 Å². The van der Waals surface area contributed by atoms with Crippen LogP contribution in [0.3, 0.4) is 0 Å². The molecule has 12 heterocycles. The van der Waals surface area contributed by atoms with Crippen LogP contribution in [-0.4, -0.2) is 62.1 Å². The standard InChI is InChI=1S/C31H36N5O.C28H36N5O.C27H34N5O/c1-19(2)36-25-12-10-9-11-23(25)30(33(36)8)34-17-18-35(22(34)5)31(6,7)28-20(3)13-16-26-27(28)24-15-14-21(4)32-29(24)37-26;1-17(2)32-16-24(30(9)20(32)5)31-14-15-33(21(31)6)28(7,8)26-18(3)10-13-23-25(26)22-12-11-19(4)29-27(22)34-23;1-17(2)32-14-13-23(29(32)8)30-15-16-31(20(30)5)27(6,7)25-18(3)9-12-22-24(25)21-11-10-19(4)28-26(21)33-22/h9-19,22H,1-8H3;10-17,21H,1-9H3;9-17,20H,1-8H3/q3*+1/t22-;21-;20-/m111/s1. The third-order valence-electron chi connectivity index (χ3n) is 22.8. The van der Waals surface area contributed by atoms with Gasteiger partial charge in [-0.05, 0) is 246 Å². The molecule has 3 atom stereocenters. The number of fused-ring (bicyclic) bond motifs is 10. The van der Waals surface area contributed by atoms with Crippen LogP contribution in [0.1, 0.15) is 178 Å². The summed E-state index contributed by atoms with van der Waals surface area (Å²) in [4.78, 5) is 28.5. The Labute approximate surface area is 612 Å². The van der Waals surface area contributed by atoms with Gasteiger partial charge in [0.05, 0.1) is 59.8 Å². The quantitative estimate of drug-likeness (QED) is 0.108. The summed E-state index contributed by atoms with van der Waals surface area (Å²) in [6.45, 7) is 48.8. The van der Waals surface area contributed by atoms with E-state index in [1.807, 2.05) is 20.8 Å². The average Bonchev–Trinajstić information content (AvgIpc) is 1.55. The minimum absolute atomic E-state index is 0.112. The minimum Gasteiger partial charge on any atom is -0.438 e. The van der Waals surface area contributed by atoms with Crippen molar-refractivity contribution in [3.05, 3.63) is 209 Å². The molecule has 0 bridgehead atoms. The van der Waals surface area contributed by atoms with E-state index in [1.165, 1.54) is 72.9 Å². The molecule has 9 aromatic heterocycles. The third-order valence-corrected chi connectivity index (χ3v) is 22.8.